The molecule has 3 nitrogen and oxygen atoms in total. The molecule has 1 N–H and O–H groups in total. The molecule has 0 spiro atoms. The summed E-state index contributed by atoms with van der Waals surface area (Å²) in [4.78, 5) is 5.94. The lowest BCUT2D eigenvalue weighted by atomic mass is 10.1. The van der Waals surface area contributed by atoms with E-state index in [-0.39, 0.29) is 16.3 Å². The van der Waals surface area contributed by atoms with Gasteiger partial charge < -0.3 is 5.32 Å². The summed E-state index contributed by atoms with van der Waals surface area (Å²) in [5.41, 5.74) is -3.87. The minimum Gasteiger partial charge on any atom is -0.319 e. The molecule has 3 rings (SSSR count). The average Bonchev–Trinajstić information content (AvgIpc) is 2.66. The Kier molecular flexibility index (Phi) is 5.86. The monoisotopic (exact) mass is 451 g/mol. The summed E-state index contributed by atoms with van der Waals surface area (Å²) in [6.07, 6.45) is -11.6. The fourth-order valence-corrected chi connectivity index (χ4v) is 3.43. The van der Waals surface area contributed by atoms with E-state index in [1.807, 2.05) is 0 Å². The molecule has 154 valence electrons. The number of halogens is 7. The molecule has 0 fully saturated rings. The van der Waals surface area contributed by atoms with Gasteiger partial charge in [0.2, 0.25) is 0 Å². The molecule has 0 radical (unpaired) electrons. The van der Waals surface area contributed by atoms with E-state index >= 15 is 0 Å². The van der Waals surface area contributed by atoms with Crippen LogP contribution in [-0.2, 0) is 5.75 Å². The SMILES string of the molecule is FC(F)(F)C1(C(F)(F)F)N=C(SCc2ccccc2)NC(c2ccc(Cl)cc2)=N1. The van der Waals surface area contributed by atoms with Gasteiger partial charge in [-0.15, -0.1) is 0 Å². The first-order chi connectivity index (χ1) is 13.5. The van der Waals surface area contributed by atoms with Crippen molar-refractivity contribution in [3.63, 3.8) is 0 Å². The molecule has 1 heterocycles. The van der Waals surface area contributed by atoms with E-state index in [4.69, 9.17) is 11.6 Å². The predicted octanol–water partition coefficient (Wildman–Crippen LogP) is 5.80. The van der Waals surface area contributed by atoms with E-state index < -0.39 is 29.0 Å². The Hall–Kier alpha value is -2.20. The van der Waals surface area contributed by atoms with Gasteiger partial charge >= 0.3 is 18.0 Å². The Balaban J connectivity index is 2.04. The largest absolute Gasteiger partial charge is 0.443 e. The molecule has 0 aromatic heterocycles. The number of hydrogen-bond donors (Lipinski definition) is 1. The molecule has 0 bridgehead atoms. The first-order valence-corrected chi connectivity index (χ1v) is 9.41. The molecule has 29 heavy (non-hydrogen) atoms. The molecular weight excluding hydrogens is 440 g/mol. The Bertz CT molecular complexity index is 909. The van der Waals surface area contributed by atoms with Gasteiger partial charge in [0.15, 0.2) is 5.17 Å². The van der Waals surface area contributed by atoms with Crippen molar-refractivity contribution in [1.82, 2.24) is 5.32 Å². The van der Waals surface area contributed by atoms with Crippen LogP contribution in [-0.4, -0.2) is 29.0 Å². The maximum absolute atomic E-state index is 13.6. The van der Waals surface area contributed by atoms with Gasteiger partial charge in [-0.2, -0.15) is 26.3 Å². The van der Waals surface area contributed by atoms with E-state index in [1.165, 1.54) is 24.3 Å². The summed E-state index contributed by atoms with van der Waals surface area (Å²) in [7, 11) is 0. The van der Waals surface area contributed by atoms with Crippen LogP contribution < -0.4 is 5.32 Å². The zero-order chi connectivity index (χ0) is 21.3. The molecule has 1 aliphatic heterocycles. The van der Waals surface area contributed by atoms with Crippen molar-refractivity contribution >= 4 is 34.4 Å². The van der Waals surface area contributed by atoms with E-state index in [2.05, 4.69) is 15.3 Å². The van der Waals surface area contributed by atoms with Crippen molar-refractivity contribution in [1.29, 1.82) is 0 Å². The third-order valence-electron chi connectivity index (χ3n) is 3.89. The van der Waals surface area contributed by atoms with Crippen LogP contribution in [0.15, 0.2) is 64.6 Å². The van der Waals surface area contributed by atoms with Gasteiger partial charge in [-0.05, 0) is 29.8 Å². The molecule has 0 atom stereocenters. The highest BCUT2D eigenvalue weighted by atomic mass is 35.5. The van der Waals surface area contributed by atoms with Crippen LogP contribution >= 0.6 is 23.4 Å². The smallest absolute Gasteiger partial charge is 0.319 e. The summed E-state index contributed by atoms with van der Waals surface area (Å²) >= 11 is 6.47. The summed E-state index contributed by atoms with van der Waals surface area (Å²) < 4.78 is 81.5. The van der Waals surface area contributed by atoms with Crippen molar-refractivity contribution in [2.45, 2.75) is 23.8 Å². The molecule has 0 unspecified atom stereocenters. The molecular formula is C18H12ClF6N3S. The van der Waals surface area contributed by atoms with E-state index in [1.54, 1.807) is 30.3 Å². The first-order valence-electron chi connectivity index (χ1n) is 8.05. The van der Waals surface area contributed by atoms with Crippen molar-refractivity contribution in [2.24, 2.45) is 9.98 Å². The molecule has 2 aromatic rings. The predicted molar refractivity (Wildman–Crippen MR) is 101 cm³/mol. The molecule has 0 aliphatic carbocycles. The van der Waals surface area contributed by atoms with Crippen LogP contribution in [0.2, 0.25) is 5.02 Å². The van der Waals surface area contributed by atoms with Gasteiger partial charge in [0.1, 0.15) is 5.84 Å². The van der Waals surface area contributed by atoms with Gasteiger partial charge in [-0.3, -0.25) is 0 Å². The topological polar surface area (TPSA) is 36.8 Å². The van der Waals surface area contributed by atoms with Crippen LogP contribution in [0.4, 0.5) is 26.3 Å². The lowest BCUT2D eigenvalue weighted by Crippen LogP contribution is -2.58. The maximum Gasteiger partial charge on any atom is 0.443 e. The quantitative estimate of drug-likeness (QED) is 0.599. The third kappa shape index (κ3) is 4.53. The number of aliphatic imine (C=N–C) groups is 2. The summed E-state index contributed by atoms with van der Waals surface area (Å²) in [6, 6.07) is 13.8. The number of alkyl halides is 6. The van der Waals surface area contributed by atoms with Crippen LogP contribution in [0.1, 0.15) is 11.1 Å². The van der Waals surface area contributed by atoms with Crippen molar-refractivity contribution in [3.05, 3.63) is 70.7 Å². The highest BCUT2D eigenvalue weighted by molar-refractivity contribution is 8.13. The Morgan fingerprint density at radius 3 is 2.00 bits per heavy atom. The third-order valence-corrected chi connectivity index (χ3v) is 5.09. The second kappa shape index (κ2) is 7.91. The van der Waals surface area contributed by atoms with Gasteiger partial charge in [-0.25, -0.2) is 9.98 Å². The van der Waals surface area contributed by atoms with E-state index in [0.29, 0.717) is 5.56 Å². The van der Waals surface area contributed by atoms with Crippen molar-refractivity contribution < 1.29 is 26.3 Å². The lowest BCUT2D eigenvalue weighted by molar-refractivity contribution is -0.292. The van der Waals surface area contributed by atoms with Gasteiger partial charge in [0.25, 0.3) is 0 Å². The minimum atomic E-state index is -5.79. The molecule has 0 amide bonds. The fourth-order valence-electron chi connectivity index (χ4n) is 2.44. The highest BCUT2D eigenvalue weighted by Gasteiger charge is 2.73. The number of thioether (sulfide) groups is 1. The van der Waals surface area contributed by atoms with Crippen LogP contribution in [0, 0.1) is 0 Å². The van der Waals surface area contributed by atoms with Crippen LogP contribution in [0.5, 0.6) is 0 Å². The van der Waals surface area contributed by atoms with Crippen molar-refractivity contribution in [2.75, 3.05) is 0 Å². The maximum atomic E-state index is 13.6. The van der Waals surface area contributed by atoms with Gasteiger partial charge in [0, 0.05) is 16.3 Å². The van der Waals surface area contributed by atoms with Crippen molar-refractivity contribution in [3.8, 4) is 0 Å². The Labute approximate surface area is 170 Å². The number of amidine groups is 2. The van der Waals surface area contributed by atoms with E-state index in [9.17, 15) is 26.3 Å². The molecule has 0 saturated carbocycles. The normalized spacial score (nSPS) is 16.7. The summed E-state index contributed by atoms with van der Waals surface area (Å²) in [5.74, 6) is -0.478. The van der Waals surface area contributed by atoms with Gasteiger partial charge in [0.05, 0.1) is 0 Å². The first kappa shape index (κ1) is 21.5. The fraction of sp³-hybridized carbons (Fsp3) is 0.222. The zero-order valence-electron chi connectivity index (χ0n) is 14.4. The van der Waals surface area contributed by atoms with Gasteiger partial charge in [-0.1, -0.05) is 53.7 Å². The Morgan fingerprint density at radius 1 is 0.862 bits per heavy atom. The minimum absolute atomic E-state index is 0.0139. The van der Waals surface area contributed by atoms with Crippen LogP contribution in [0.3, 0.4) is 0 Å². The number of benzene rings is 2. The molecule has 11 heteroatoms. The second-order valence-corrected chi connectivity index (χ2v) is 7.35. The summed E-state index contributed by atoms with van der Waals surface area (Å²) in [6.45, 7) is 0. The number of nitrogens with zero attached hydrogens (tertiary/aromatic N) is 2. The summed E-state index contributed by atoms with van der Waals surface area (Å²) in [5, 5.41) is 2.21. The Morgan fingerprint density at radius 2 is 1.45 bits per heavy atom. The number of nitrogens with one attached hydrogen (secondary N) is 1. The highest BCUT2D eigenvalue weighted by Crippen LogP contribution is 2.48. The lowest BCUT2D eigenvalue weighted by Gasteiger charge is -2.34. The van der Waals surface area contributed by atoms with Crippen LogP contribution in [0.25, 0.3) is 0 Å². The number of hydrogen-bond acceptors (Lipinski definition) is 4. The van der Waals surface area contributed by atoms with E-state index in [0.717, 1.165) is 11.8 Å². The average molecular weight is 452 g/mol. The molecule has 1 aliphatic rings. The zero-order valence-corrected chi connectivity index (χ0v) is 15.9. The molecule has 0 saturated heterocycles. The second-order valence-electron chi connectivity index (χ2n) is 5.95. The standard InChI is InChI=1S/C18H12ClF6N3S/c19-13-8-6-12(7-9-13)14-26-15(29-10-11-4-2-1-3-5-11)28-16(27-14,17(20,21)22)18(23,24)25/h1-9H,10H2,(H,26,27,28). The molecule has 2 aromatic carbocycles. The number of rotatable bonds is 3.